The van der Waals surface area contributed by atoms with Crippen molar-refractivity contribution in [2.75, 3.05) is 13.2 Å². The Morgan fingerprint density at radius 3 is 2.89 bits per heavy atom. The fourth-order valence-electron chi connectivity index (χ4n) is 1.95. The molecule has 98 valence electrons. The number of para-hydroxylation sites is 1. The van der Waals surface area contributed by atoms with Crippen LogP contribution in [0.1, 0.15) is 18.9 Å². The number of carbonyl (C=O) groups is 1. The van der Waals surface area contributed by atoms with Crippen molar-refractivity contribution in [3.05, 3.63) is 29.8 Å². The van der Waals surface area contributed by atoms with E-state index in [4.69, 9.17) is 9.84 Å². The summed E-state index contributed by atoms with van der Waals surface area (Å²) in [5.41, 5.74) is 0.938. The van der Waals surface area contributed by atoms with Crippen molar-refractivity contribution in [1.29, 1.82) is 0 Å². The van der Waals surface area contributed by atoms with Crippen LogP contribution in [-0.4, -0.2) is 24.2 Å². The van der Waals surface area contributed by atoms with Gasteiger partial charge in [-0.25, -0.2) is 0 Å². The van der Waals surface area contributed by atoms with E-state index in [0.717, 1.165) is 17.7 Å². The molecule has 1 aliphatic rings. The Balaban J connectivity index is 1.89. The smallest absolute Gasteiger partial charge is 0.223 e. The fourth-order valence-corrected chi connectivity index (χ4v) is 1.95. The zero-order valence-corrected chi connectivity index (χ0v) is 10.6. The van der Waals surface area contributed by atoms with E-state index in [0.29, 0.717) is 12.5 Å². The Hall–Kier alpha value is -1.55. The monoisotopic (exact) mass is 249 g/mol. The Labute approximate surface area is 107 Å². The number of carbonyl (C=O) groups excluding carboxylic acids is 1. The van der Waals surface area contributed by atoms with Gasteiger partial charge in [0.1, 0.15) is 12.4 Å². The van der Waals surface area contributed by atoms with Crippen LogP contribution in [0, 0.1) is 11.8 Å². The number of rotatable bonds is 6. The molecule has 1 aliphatic carbocycles. The molecular weight excluding hydrogens is 230 g/mol. The Kier molecular flexibility index (Phi) is 4.20. The van der Waals surface area contributed by atoms with E-state index >= 15 is 0 Å². The van der Waals surface area contributed by atoms with Crippen molar-refractivity contribution in [1.82, 2.24) is 5.32 Å². The van der Waals surface area contributed by atoms with Gasteiger partial charge >= 0.3 is 0 Å². The van der Waals surface area contributed by atoms with Crippen LogP contribution in [-0.2, 0) is 11.3 Å². The largest absolute Gasteiger partial charge is 0.491 e. The number of amides is 1. The van der Waals surface area contributed by atoms with Gasteiger partial charge in [-0.15, -0.1) is 0 Å². The number of benzene rings is 1. The molecule has 0 spiro atoms. The predicted molar refractivity (Wildman–Crippen MR) is 68.1 cm³/mol. The second-order valence-electron chi connectivity index (χ2n) is 4.72. The highest BCUT2D eigenvalue weighted by molar-refractivity contribution is 5.81. The molecule has 1 aromatic rings. The average Bonchev–Trinajstić information content (AvgIpc) is 3.11. The van der Waals surface area contributed by atoms with Gasteiger partial charge in [0.2, 0.25) is 5.91 Å². The molecule has 0 unspecified atom stereocenters. The molecule has 2 atom stereocenters. The SMILES string of the molecule is C[C@@H]1C[C@H]1C(=O)NCc1ccccc1OCCO. The lowest BCUT2D eigenvalue weighted by Gasteiger charge is -2.11. The van der Waals surface area contributed by atoms with Gasteiger partial charge in [-0.2, -0.15) is 0 Å². The first-order chi connectivity index (χ1) is 8.72. The molecule has 0 aromatic heterocycles. The third-order valence-corrected chi connectivity index (χ3v) is 3.22. The van der Waals surface area contributed by atoms with E-state index in [9.17, 15) is 4.79 Å². The van der Waals surface area contributed by atoms with Crippen molar-refractivity contribution in [2.45, 2.75) is 19.9 Å². The minimum atomic E-state index is -0.0136. The van der Waals surface area contributed by atoms with Crippen LogP contribution < -0.4 is 10.1 Å². The third kappa shape index (κ3) is 3.23. The van der Waals surface area contributed by atoms with Crippen LogP contribution in [0.4, 0.5) is 0 Å². The van der Waals surface area contributed by atoms with Gasteiger partial charge in [0.05, 0.1) is 6.61 Å². The van der Waals surface area contributed by atoms with Crippen LogP contribution >= 0.6 is 0 Å². The second-order valence-corrected chi connectivity index (χ2v) is 4.72. The quantitative estimate of drug-likeness (QED) is 0.799. The van der Waals surface area contributed by atoms with Gasteiger partial charge < -0.3 is 15.2 Å². The summed E-state index contributed by atoms with van der Waals surface area (Å²) in [5.74, 6) is 1.55. The molecule has 2 rings (SSSR count). The Morgan fingerprint density at radius 2 is 2.22 bits per heavy atom. The predicted octanol–water partition coefficient (Wildman–Crippen LogP) is 1.33. The van der Waals surface area contributed by atoms with Gasteiger partial charge in [-0.3, -0.25) is 4.79 Å². The lowest BCUT2D eigenvalue weighted by atomic mass is 10.2. The normalized spacial score (nSPS) is 21.4. The second kappa shape index (κ2) is 5.87. The van der Waals surface area contributed by atoms with Crippen molar-refractivity contribution >= 4 is 5.91 Å². The molecule has 0 saturated heterocycles. The molecule has 18 heavy (non-hydrogen) atoms. The number of aliphatic hydroxyl groups excluding tert-OH is 1. The molecule has 4 heteroatoms. The van der Waals surface area contributed by atoms with Crippen LogP contribution in [0.2, 0.25) is 0 Å². The van der Waals surface area contributed by atoms with Crippen LogP contribution in [0.5, 0.6) is 5.75 Å². The highest BCUT2D eigenvalue weighted by Gasteiger charge is 2.38. The summed E-state index contributed by atoms with van der Waals surface area (Å²) in [7, 11) is 0. The van der Waals surface area contributed by atoms with Gasteiger partial charge in [0, 0.05) is 18.0 Å². The van der Waals surface area contributed by atoms with Crippen molar-refractivity contribution in [3.8, 4) is 5.75 Å². The summed E-state index contributed by atoms with van der Waals surface area (Å²) in [6.45, 7) is 2.82. The van der Waals surface area contributed by atoms with E-state index in [2.05, 4.69) is 12.2 Å². The molecule has 0 radical (unpaired) electrons. The minimum Gasteiger partial charge on any atom is -0.491 e. The number of nitrogens with one attached hydrogen (secondary N) is 1. The van der Waals surface area contributed by atoms with E-state index in [1.165, 1.54) is 0 Å². The summed E-state index contributed by atoms with van der Waals surface area (Å²) < 4.78 is 5.41. The topological polar surface area (TPSA) is 58.6 Å². The van der Waals surface area contributed by atoms with Crippen molar-refractivity contribution in [3.63, 3.8) is 0 Å². The van der Waals surface area contributed by atoms with Gasteiger partial charge in [0.25, 0.3) is 0 Å². The first-order valence-corrected chi connectivity index (χ1v) is 6.31. The number of hydrogen-bond acceptors (Lipinski definition) is 3. The third-order valence-electron chi connectivity index (χ3n) is 3.22. The first-order valence-electron chi connectivity index (χ1n) is 6.31. The van der Waals surface area contributed by atoms with Gasteiger partial charge in [-0.05, 0) is 18.4 Å². The number of ether oxygens (including phenoxy) is 1. The molecule has 0 bridgehead atoms. The molecule has 1 saturated carbocycles. The summed E-state index contributed by atoms with van der Waals surface area (Å²) in [6, 6.07) is 7.55. The van der Waals surface area contributed by atoms with E-state index in [1.807, 2.05) is 24.3 Å². The molecule has 0 aliphatic heterocycles. The Bertz CT molecular complexity index is 419. The number of hydrogen-bond donors (Lipinski definition) is 2. The average molecular weight is 249 g/mol. The summed E-state index contributed by atoms with van der Waals surface area (Å²) in [4.78, 5) is 11.7. The Morgan fingerprint density at radius 1 is 1.50 bits per heavy atom. The van der Waals surface area contributed by atoms with Gasteiger partial charge in [0.15, 0.2) is 0 Å². The maximum atomic E-state index is 11.7. The summed E-state index contributed by atoms with van der Waals surface area (Å²) in [5, 5.41) is 11.7. The molecule has 0 heterocycles. The van der Waals surface area contributed by atoms with Crippen LogP contribution in [0.25, 0.3) is 0 Å². The molecular formula is C14H19NO3. The summed E-state index contributed by atoms with van der Waals surface area (Å²) in [6.07, 6.45) is 0.995. The maximum Gasteiger partial charge on any atom is 0.223 e. The van der Waals surface area contributed by atoms with E-state index in [-0.39, 0.29) is 25.0 Å². The molecule has 2 N–H and O–H groups in total. The van der Waals surface area contributed by atoms with E-state index < -0.39 is 0 Å². The fraction of sp³-hybridized carbons (Fsp3) is 0.500. The van der Waals surface area contributed by atoms with Crippen molar-refractivity contribution in [2.24, 2.45) is 11.8 Å². The summed E-state index contributed by atoms with van der Waals surface area (Å²) >= 11 is 0. The maximum absolute atomic E-state index is 11.7. The van der Waals surface area contributed by atoms with Crippen LogP contribution in [0.3, 0.4) is 0 Å². The molecule has 1 fully saturated rings. The molecule has 1 aromatic carbocycles. The number of aliphatic hydroxyl groups is 1. The van der Waals surface area contributed by atoms with Crippen molar-refractivity contribution < 1.29 is 14.6 Å². The minimum absolute atomic E-state index is 0.0136. The standard InChI is InChI=1S/C14H19NO3/c1-10-8-12(10)14(17)15-9-11-4-2-3-5-13(11)18-7-6-16/h2-5,10,12,16H,6-9H2,1H3,(H,15,17)/t10-,12-/m1/s1. The zero-order valence-electron chi connectivity index (χ0n) is 10.6. The van der Waals surface area contributed by atoms with Crippen LogP contribution in [0.15, 0.2) is 24.3 Å². The highest BCUT2D eigenvalue weighted by Crippen LogP contribution is 2.37. The van der Waals surface area contributed by atoms with E-state index in [1.54, 1.807) is 0 Å². The lowest BCUT2D eigenvalue weighted by molar-refractivity contribution is -0.122. The highest BCUT2D eigenvalue weighted by atomic mass is 16.5. The zero-order chi connectivity index (χ0) is 13.0. The molecule has 1 amide bonds. The lowest BCUT2D eigenvalue weighted by Crippen LogP contribution is -2.25. The first kappa shape index (κ1) is 12.9. The van der Waals surface area contributed by atoms with Gasteiger partial charge in [-0.1, -0.05) is 25.1 Å². The molecule has 4 nitrogen and oxygen atoms in total.